The zero-order valence-electron chi connectivity index (χ0n) is 10.3. The Labute approximate surface area is 107 Å². The molecule has 0 atom stereocenters. The minimum Gasteiger partial charge on any atom is -0.508 e. The number of aliphatic hydroxyl groups excluding tert-OH is 1. The first kappa shape index (κ1) is 12.4. The predicted molar refractivity (Wildman–Crippen MR) is 74.4 cm³/mol. The molecule has 0 aliphatic carbocycles. The van der Waals surface area contributed by atoms with E-state index in [2.05, 4.69) is 0 Å². The van der Waals surface area contributed by atoms with Gasteiger partial charge in [-0.1, -0.05) is 42.5 Å². The monoisotopic (exact) mass is 240 g/mol. The van der Waals surface area contributed by atoms with Crippen LogP contribution >= 0.6 is 0 Å². The van der Waals surface area contributed by atoms with E-state index >= 15 is 0 Å². The average molecular weight is 240 g/mol. The van der Waals surface area contributed by atoms with Crippen molar-refractivity contribution in [2.24, 2.45) is 0 Å². The lowest BCUT2D eigenvalue weighted by Gasteiger charge is -2.05. The molecule has 2 aromatic rings. The summed E-state index contributed by atoms with van der Waals surface area (Å²) in [6, 6.07) is 13.7. The van der Waals surface area contributed by atoms with Crippen LogP contribution in [0.25, 0.3) is 17.2 Å². The van der Waals surface area contributed by atoms with Gasteiger partial charge in [0.25, 0.3) is 0 Å². The molecule has 2 nitrogen and oxygen atoms in total. The second kappa shape index (κ2) is 5.52. The van der Waals surface area contributed by atoms with Crippen molar-refractivity contribution in [3.63, 3.8) is 0 Å². The van der Waals surface area contributed by atoms with E-state index in [1.165, 1.54) is 0 Å². The normalized spacial score (nSPS) is 11.0. The Bertz CT molecular complexity index is 554. The summed E-state index contributed by atoms with van der Waals surface area (Å²) >= 11 is 0. The molecule has 18 heavy (non-hydrogen) atoms. The molecule has 0 unspecified atom stereocenters. The summed E-state index contributed by atoms with van der Waals surface area (Å²) in [4.78, 5) is 0. The van der Waals surface area contributed by atoms with Crippen LogP contribution in [0, 0.1) is 6.92 Å². The van der Waals surface area contributed by atoms with Crippen molar-refractivity contribution in [2.45, 2.75) is 6.92 Å². The van der Waals surface area contributed by atoms with Crippen LogP contribution < -0.4 is 0 Å². The lowest BCUT2D eigenvalue weighted by molar-refractivity contribution is 0.343. The van der Waals surface area contributed by atoms with E-state index in [1.807, 2.05) is 49.4 Å². The SMILES string of the molecule is Cc1cc(-c2ccc(C=CCO)cc2)ccc1O. The Morgan fingerprint density at radius 1 is 1.00 bits per heavy atom. The second-order valence-corrected chi connectivity index (χ2v) is 4.21. The van der Waals surface area contributed by atoms with Crippen LogP contribution in [0.5, 0.6) is 5.75 Å². The van der Waals surface area contributed by atoms with Crippen molar-refractivity contribution >= 4 is 6.08 Å². The van der Waals surface area contributed by atoms with Gasteiger partial charge in [0.1, 0.15) is 5.75 Å². The number of phenolic OH excluding ortho intramolecular Hbond substituents is 1. The number of aliphatic hydroxyl groups is 1. The van der Waals surface area contributed by atoms with Gasteiger partial charge in [0.05, 0.1) is 6.61 Å². The van der Waals surface area contributed by atoms with Gasteiger partial charge in [0.2, 0.25) is 0 Å². The van der Waals surface area contributed by atoms with E-state index in [9.17, 15) is 5.11 Å². The van der Waals surface area contributed by atoms with E-state index in [4.69, 9.17) is 5.11 Å². The average Bonchev–Trinajstić information content (AvgIpc) is 2.40. The molecule has 0 heterocycles. The predicted octanol–water partition coefficient (Wildman–Crippen LogP) is 3.37. The number of hydrogen-bond acceptors (Lipinski definition) is 2. The maximum absolute atomic E-state index is 9.50. The molecule has 0 amide bonds. The molecular weight excluding hydrogens is 224 g/mol. The summed E-state index contributed by atoms with van der Waals surface area (Å²) in [6.45, 7) is 1.94. The first-order valence-electron chi connectivity index (χ1n) is 5.88. The fourth-order valence-electron chi connectivity index (χ4n) is 1.81. The fourth-order valence-corrected chi connectivity index (χ4v) is 1.81. The minimum absolute atomic E-state index is 0.0545. The number of phenols is 1. The van der Waals surface area contributed by atoms with E-state index in [1.54, 1.807) is 12.1 Å². The molecule has 0 saturated carbocycles. The van der Waals surface area contributed by atoms with Crippen molar-refractivity contribution in [1.29, 1.82) is 0 Å². The van der Waals surface area contributed by atoms with Gasteiger partial charge in [-0.05, 0) is 41.3 Å². The summed E-state index contributed by atoms with van der Waals surface area (Å²) in [5, 5.41) is 18.2. The minimum atomic E-state index is 0.0545. The van der Waals surface area contributed by atoms with E-state index in [-0.39, 0.29) is 6.61 Å². The largest absolute Gasteiger partial charge is 0.508 e. The number of hydrogen-bond donors (Lipinski definition) is 2. The summed E-state index contributed by atoms with van der Waals surface area (Å²) in [5.41, 5.74) is 4.13. The number of rotatable bonds is 3. The summed E-state index contributed by atoms with van der Waals surface area (Å²) in [7, 11) is 0. The third-order valence-electron chi connectivity index (χ3n) is 2.86. The molecule has 0 spiro atoms. The Hall–Kier alpha value is -2.06. The number of benzene rings is 2. The maximum atomic E-state index is 9.50. The Kier molecular flexibility index (Phi) is 3.80. The summed E-state index contributed by atoms with van der Waals surface area (Å²) in [6.07, 6.45) is 3.59. The van der Waals surface area contributed by atoms with Gasteiger partial charge < -0.3 is 10.2 Å². The molecule has 0 aliphatic heterocycles. The van der Waals surface area contributed by atoms with Gasteiger partial charge in [-0.25, -0.2) is 0 Å². The molecule has 2 heteroatoms. The van der Waals surface area contributed by atoms with Crippen molar-refractivity contribution in [3.8, 4) is 16.9 Å². The number of aryl methyl sites for hydroxylation is 1. The van der Waals surface area contributed by atoms with Crippen LogP contribution in [-0.2, 0) is 0 Å². The van der Waals surface area contributed by atoms with Gasteiger partial charge >= 0.3 is 0 Å². The highest BCUT2D eigenvalue weighted by Crippen LogP contribution is 2.25. The zero-order valence-corrected chi connectivity index (χ0v) is 10.3. The van der Waals surface area contributed by atoms with Crippen molar-refractivity contribution < 1.29 is 10.2 Å². The van der Waals surface area contributed by atoms with Gasteiger partial charge in [-0.15, -0.1) is 0 Å². The summed E-state index contributed by atoms with van der Waals surface area (Å²) in [5.74, 6) is 0.321. The van der Waals surface area contributed by atoms with Crippen LogP contribution in [0.2, 0.25) is 0 Å². The standard InChI is InChI=1S/C16H16O2/c1-12-11-15(8-9-16(12)18)14-6-4-13(5-7-14)3-2-10-17/h2-9,11,17-18H,10H2,1H3. The van der Waals surface area contributed by atoms with Gasteiger partial charge in [0, 0.05) is 0 Å². The molecule has 92 valence electrons. The summed E-state index contributed by atoms with van der Waals surface area (Å²) < 4.78 is 0. The zero-order chi connectivity index (χ0) is 13.0. The third kappa shape index (κ3) is 2.79. The van der Waals surface area contributed by atoms with Gasteiger partial charge in [-0.3, -0.25) is 0 Å². The van der Waals surface area contributed by atoms with Crippen LogP contribution in [0.15, 0.2) is 48.5 Å². The molecule has 2 N–H and O–H groups in total. The molecule has 2 aromatic carbocycles. The van der Waals surface area contributed by atoms with Crippen LogP contribution in [0.1, 0.15) is 11.1 Å². The van der Waals surface area contributed by atoms with Gasteiger partial charge in [0.15, 0.2) is 0 Å². The maximum Gasteiger partial charge on any atom is 0.118 e. The lowest BCUT2D eigenvalue weighted by Crippen LogP contribution is -1.81. The first-order chi connectivity index (χ1) is 8.70. The molecule has 0 aliphatic rings. The molecule has 2 rings (SSSR count). The molecule has 0 fully saturated rings. The first-order valence-corrected chi connectivity index (χ1v) is 5.88. The highest BCUT2D eigenvalue weighted by atomic mass is 16.3. The Morgan fingerprint density at radius 3 is 2.28 bits per heavy atom. The third-order valence-corrected chi connectivity index (χ3v) is 2.86. The van der Waals surface area contributed by atoms with Crippen molar-refractivity contribution in [3.05, 3.63) is 59.7 Å². The molecular formula is C16H16O2. The van der Waals surface area contributed by atoms with Crippen molar-refractivity contribution in [2.75, 3.05) is 6.61 Å². The molecule has 0 radical (unpaired) electrons. The topological polar surface area (TPSA) is 40.5 Å². The van der Waals surface area contributed by atoms with Crippen LogP contribution in [0.4, 0.5) is 0 Å². The molecule has 0 saturated heterocycles. The smallest absolute Gasteiger partial charge is 0.118 e. The van der Waals surface area contributed by atoms with Gasteiger partial charge in [-0.2, -0.15) is 0 Å². The van der Waals surface area contributed by atoms with E-state index in [0.29, 0.717) is 5.75 Å². The van der Waals surface area contributed by atoms with Crippen LogP contribution in [-0.4, -0.2) is 16.8 Å². The quantitative estimate of drug-likeness (QED) is 0.863. The van der Waals surface area contributed by atoms with Crippen molar-refractivity contribution in [1.82, 2.24) is 0 Å². The van der Waals surface area contributed by atoms with Crippen LogP contribution in [0.3, 0.4) is 0 Å². The second-order valence-electron chi connectivity index (χ2n) is 4.21. The highest BCUT2D eigenvalue weighted by Gasteiger charge is 2.00. The Morgan fingerprint density at radius 2 is 1.67 bits per heavy atom. The fraction of sp³-hybridized carbons (Fsp3) is 0.125. The molecule has 0 aromatic heterocycles. The Balaban J connectivity index is 2.28. The number of aromatic hydroxyl groups is 1. The van der Waals surface area contributed by atoms with E-state index < -0.39 is 0 Å². The van der Waals surface area contributed by atoms with E-state index in [0.717, 1.165) is 22.3 Å². The lowest BCUT2D eigenvalue weighted by atomic mass is 10.0. The highest BCUT2D eigenvalue weighted by molar-refractivity contribution is 5.67. The molecule has 0 bridgehead atoms.